The topological polar surface area (TPSA) is 15.3 Å². The van der Waals surface area contributed by atoms with Gasteiger partial charge in [0.15, 0.2) is 0 Å². The zero-order chi connectivity index (χ0) is 8.67. The van der Waals surface area contributed by atoms with Crippen LogP contribution >= 0.6 is 11.8 Å². The summed E-state index contributed by atoms with van der Waals surface area (Å²) in [5, 5.41) is 3.45. The fourth-order valence-electron chi connectivity index (χ4n) is 2.03. The van der Waals surface area contributed by atoms with Crippen LogP contribution in [0.1, 0.15) is 0 Å². The lowest BCUT2D eigenvalue weighted by molar-refractivity contribution is 0.800. The molecule has 0 bridgehead atoms. The Balaban J connectivity index is 2.18. The van der Waals surface area contributed by atoms with E-state index < -0.39 is 0 Å². The van der Waals surface area contributed by atoms with E-state index in [0.717, 1.165) is 13.1 Å². The van der Waals surface area contributed by atoms with E-state index in [1.807, 2.05) is 11.8 Å². The van der Waals surface area contributed by atoms with Gasteiger partial charge in [-0.05, 0) is 12.1 Å². The van der Waals surface area contributed by atoms with Gasteiger partial charge in [0.1, 0.15) is 0 Å². The lowest BCUT2D eigenvalue weighted by Crippen LogP contribution is -2.37. The first-order valence-electron chi connectivity index (χ1n) is 4.70. The molecule has 3 rings (SSSR count). The Morgan fingerprint density at radius 1 is 1.31 bits per heavy atom. The molecule has 1 N–H and O–H groups in total. The molecule has 0 aromatic heterocycles. The third kappa shape index (κ3) is 1.10. The lowest BCUT2D eigenvalue weighted by Gasteiger charge is -2.36. The van der Waals surface area contributed by atoms with E-state index in [1.165, 1.54) is 28.6 Å². The molecule has 1 aromatic rings. The minimum absolute atomic E-state index is 1.08. The van der Waals surface area contributed by atoms with Crippen LogP contribution in [0.3, 0.4) is 0 Å². The van der Waals surface area contributed by atoms with Crippen LogP contribution in [0.5, 0.6) is 0 Å². The van der Waals surface area contributed by atoms with Crippen molar-refractivity contribution in [1.82, 2.24) is 0 Å². The van der Waals surface area contributed by atoms with Crippen molar-refractivity contribution in [1.29, 1.82) is 0 Å². The number of rotatable bonds is 0. The number of nitrogens with zero attached hydrogens (tertiary/aromatic N) is 1. The fourth-order valence-corrected chi connectivity index (χ4v) is 3.12. The van der Waals surface area contributed by atoms with Gasteiger partial charge in [-0.3, -0.25) is 0 Å². The standard InChI is InChI=1S/C10H12N2S/c1-2-8-10-9(3-1)13-7-6-12(10)5-4-11-8/h1-3,11H,4-7H2. The van der Waals surface area contributed by atoms with Crippen molar-refractivity contribution in [3.63, 3.8) is 0 Å². The van der Waals surface area contributed by atoms with Gasteiger partial charge >= 0.3 is 0 Å². The van der Waals surface area contributed by atoms with Gasteiger partial charge in [-0.25, -0.2) is 0 Å². The summed E-state index contributed by atoms with van der Waals surface area (Å²) in [5.74, 6) is 1.23. The number of thioether (sulfide) groups is 1. The van der Waals surface area contributed by atoms with Crippen molar-refractivity contribution >= 4 is 23.1 Å². The SMILES string of the molecule is c1cc2c3c(c1)SCCN3CCN2. The third-order valence-electron chi connectivity index (χ3n) is 2.63. The van der Waals surface area contributed by atoms with E-state index in [9.17, 15) is 0 Å². The second-order valence-corrected chi connectivity index (χ2v) is 4.55. The summed E-state index contributed by atoms with van der Waals surface area (Å²) in [6, 6.07) is 6.54. The summed E-state index contributed by atoms with van der Waals surface area (Å²) in [6.07, 6.45) is 0. The second-order valence-electron chi connectivity index (χ2n) is 3.41. The number of benzene rings is 1. The highest BCUT2D eigenvalue weighted by Crippen LogP contribution is 2.41. The van der Waals surface area contributed by atoms with Crippen molar-refractivity contribution in [2.75, 3.05) is 35.6 Å². The molecule has 0 amide bonds. The Labute approximate surface area is 82.3 Å². The largest absolute Gasteiger partial charge is 0.382 e. The van der Waals surface area contributed by atoms with Gasteiger partial charge in [0.25, 0.3) is 0 Å². The Morgan fingerprint density at radius 3 is 3.31 bits per heavy atom. The zero-order valence-electron chi connectivity index (χ0n) is 7.42. The normalized spacial score (nSPS) is 19.2. The summed E-state index contributed by atoms with van der Waals surface area (Å²) in [5.41, 5.74) is 2.75. The summed E-state index contributed by atoms with van der Waals surface area (Å²) < 4.78 is 0. The van der Waals surface area contributed by atoms with Crippen molar-refractivity contribution in [3.8, 4) is 0 Å². The van der Waals surface area contributed by atoms with Crippen LogP contribution in [-0.4, -0.2) is 25.4 Å². The van der Waals surface area contributed by atoms with E-state index in [2.05, 4.69) is 28.4 Å². The quantitative estimate of drug-likeness (QED) is 0.677. The summed E-state index contributed by atoms with van der Waals surface area (Å²) in [6.45, 7) is 3.45. The molecule has 0 unspecified atom stereocenters. The molecule has 68 valence electrons. The van der Waals surface area contributed by atoms with Gasteiger partial charge in [-0.1, -0.05) is 6.07 Å². The predicted molar refractivity (Wildman–Crippen MR) is 57.9 cm³/mol. The average molecular weight is 192 g/mol. The van der Waals surface area contributed by atoms with E-state index in [1.54, 1.807) is 0 Å². The number of para-hydroxylation sites is 1. The molecule has 0 radical (unpaired) electrons. The minimum atomic E-state index is 1.08. The summed E-state index contributed by atoms with van der Waals surface area (Å²) >= 11 is 1.97. The van der Waals surface area contributed by atoms with Gasteiger partial charge in [0, 0.05) is 30.3 Å². The van der Waals surface area contributed by atoms with E-state index >= 15 is 0 Å². The molecule has 0 aliphatic carbocycles. The Kier molecular flexibility index (Phi) is 1.65. The fraction of sp³-hybridized carbons (Fsp3) is 0.400. The van der Waals surface area contributed by atoms with Gasteiger partial charge in [-0.2, -0.15) is 0 Å². The molecular weight excluding hydrogens is 180 g/mol. The van der Waals surface area contributed by atoms with Gasteiger partial charge in [-0.15, -0.1) is 11.8 Å². The molecule has 1 aromatic carbocycles. The first kappa shape index (κ1) is 7.56. The van der Waals surface area contributed by atoms with Crippen molar-refractivity contribution in [2.45, 2.75) is 4.90 Å². The second kappa shape index (κ2) is 2.84. The van der Waals surface area contributed by atoms with Gasteiger partial charge < -0.3 is 10.2 Å². The van der Waals surface area contributed by atoms with Crippen molar-refractivity contribution in [3.05, 3.63) is 18.2 Å². The highest BCUT2D eigenvalue weighted by atomic mass is 32.2. The molecule has 2 heterocycles. The minimum Gasteiger partial charge on any atom is -0.382 e. The molecule has 0 saturated heterocycles. The van der Waals surface area contributed by atoms with Crippen LogP contribution in [0.25, 0.3) is 0 Å². The molecule has 2 nitrogen and oxygen atoms in total. The Bertz CT molecular complexity index is 309. The molecule has 3 heteroatoms. The zero-order valence-corrected chi connectivity index (χ0v) is 8.23. The first-order chi connectivity index (χ1) is 6.45. The molecule has 2 aliphatic heterocycles. The molecule has 0 atom stereocenters. The van der Waals surface area contributed by atoms with Crippen LogP contribution in [0, 0.1) is 0 Å². The lowest BCUT2D eigenvalue weighted by atomic mass is 10.2. The maximum atomic E-state index is 3.45. The predicted octanol–water partition coefficient (Wildman–Crippen LogP) is 2.02. The average Bonchev–Trinajstić information content (AvgIpc) is 2.19. The Hall–Kier alpha value is -0.830. The molecule has 0 fully saturated rings. The monoisotopic (exact) mass is 192 g/mol. The van der Waals surface area contributed by atoms with Crippen LogP contribution in [0.2, 0.25) is 0 Å². The van der Waals surface area contributed by atoms with Gasteiger partial charge in [0.05, 0.1) is 11.4 Å². The number of nitrogens with one attached hydrogen (secondary N) is 1. The third-order valence-corrected chi connectivity index (χ3v) is 3.66. The number of hydrogen-bond donors (Lipinski definition) is 1. The molecule has 13 heavy (non-hydrogen) atoms. The van der Waals surface area contributed by atoms with Crippen molar-refractivity contribution in [2.24, 2.45) is 0 Å². The highest BCUT2D eigenvalue weighted by Gasteiger charge is 2.22. The Morgan fingerprint density at radius 2 is 2.31 bits per heavy atom. The molecule has 0 saturated carbocycles. The van der Waals surface area contributed by atoms with Crippen LogP contribution < -0.4 is 10.2 Å². The summed E-state index contributed by atoms with van der Waals surface area (Å²) in [4.78, 5) is 3.94. The van der Waals surface area contributed by atoms with E-state index in [-0.39, 0.29) is 0 Å². The van der Waals surface area contributed by atoms with E-state index in [4.69, 9.17) is 0 Å². The highest BCUT2D eigenvalue weighted by molar-refractivity contribution is 7.99. The first-order valence-corrected chi connectivity index (χ1v) is 5.68. The van der Waals surface area contributed by atoms with E-state index in [0.29, 0.717) is 0 Å². The van der Waals surface area contributed by atoms with Crippen LogP contribution in [0.4, 0.5) is 11.4 Å². The number of anilines is 2. The maximum absolute atomic E-state index is 3.45. The summed E-state index contributed by atoms with van der Waals surface area (Å²) in [7, 11) is 0. The smallest absolute Gasteiger partial charge is 0.0740 e. The molecular formula is C10H12N2S. The van der Waals surface area contributed by atoms with Gasteiger partial charge in [0.2, 0.25) is 0 Å². The number of hydrogen-bond acceptors (Lipinski definition) is 3. The molecule has 2 aliphatic rings. The van der Waals surface area contributed by atoms with Crippen LogP contribution in [0.15, 0.2) is 23.1 Å². The maximum Gasteiger partial charge on any atom is 0.0740 e. The van der Waals surface area contributed by atoms with Crippen LogP contribution in [-0.2, 0) is 0 Å². The van der Waals surface area contributed by atoms with Crippen molar-refractivity contribution < 1.29 is 0 Å². The molecule has 0 spiro atoms.